The number of aromatic nitrogens is 1. The molecule has 0 saturated carbocycles. The number of amides is 1. The Hall–Kier alpha value is -1.43. The molecule has 1 aromatic carbocycles. The molecule has 2 aromatic rings. The van der Waals surface area contributed by atoms with Crippen LogP contribution in [-0.4, -0.2) is 10.9 Å². The molecule has 1 unspecified atom stereocenters. The van der Waals surface area contributed by atoms with Gasteiger partial charge in [-0.3, -0.25) is 4.79 Å². The van der Waals surface area contributed by atoms with E-state index in [0.717, 1.165) is 10.6 Å². The van der Waals surface area contributed by atoms with Crippen LogP contribution < -0.4 is 11.1 Å². The van der Waals surface area contributed by atoms with Crippen molar-refractivity contribution in [3.63, 3.8) is 0 Å². The molecule has 0 aliphatic heterocycles. The maximum Gasteiger partial charge on any atom is 0.271 e. The van der Waals surface area contributed by atoms with E-state index in [1.54, 1.807) is 11.4 Å². The van der Waals surface area contributed by atoms with Crippen LogP contribution in [0.2, 0.25) is 5.02 Å². The number of hydrogen-bond acceptors (Lipinski definition) is 4. The summed E-state index contributed by atoms with van der Waals surface area (Å²) >= 11 is 7.34. The monoisotopic (exact) mass is 309 g/mol. The lowest BCUT2D eigenvalue weighted by Crippen LogP contribution is -2.27. The van der Waals surface area contributed by atoms with Crippen molar-refractivity contribution in [3.05, 3.63) is 50.9 Å². The van der Waals surface area contributed by atoms with Crippen molar-refractivity contribution in [2.24, 2.45) is 5.73 Å². The van der Waals surface area contributed by atoms with Crippen LogP contribution in [0.15, 0.2) is 29.6 Å². The van der Waals surface area contributed by atoms with Crippen molar-refractivity contribution in [3.8, 4) is 0 Å². The smallest absolute Gasteiger partial charge is 0.271 e. The molecule has 1 amide bonds. The van der Waals surface area contributed by atoms with E-state index in [0.29, 0.717) is 10.7 Å². The third kappa shape index (κ3) is 3.56. The van der Waals surface area contributed by atoms with E-state index in [-0.39, 0.29) is 18.0 Å². The van der Waals surface area contributed by atoms with E-state index in [9.17, 15) is 4.79 Å². The Morgan fingerprint density at radius 1 is 1.45 bits per heavy atom. The largest absolute Gasteiger partial charge is 0.344 e. The van der Waals surface area contributed by atoms with Gasteiger partial charge < -0.3 is 11.1 Å². The second kappa shape index (κ2) is 6.35. The summed E-state index contributed by atoms with van der Waals surface area (Å²) in [5.74, 6) is -0.208. The third-order valence-electron chi connectivity index (χ3n) is 2.84. The van der Waals surface area contributed by atoms with E-state index >= 15 is 0 Å². The Bertz CT molecular complexity index is 612. The number of nitrogens with zero attached hydrogens (tertiary/aromatic N) is 1. The van der Waals surface area contributed by atoms with Gasteiger partial charge in [0, 0.05) is 10.4 Å². The lowest BCUT2D eigenvalue weighted by molar-refractivity contribution is 0.0935. The Balaban J connectivity index is 2.07. The van der Waals surface area contributed by atoms with Crippen LogP contribution in [0.1, 0.15) is 47.0 Å². The fourth-order valence-corrected chi connectivity index (χ4v) is 2.69. The lowest BCUT2D eigenvalue weighted by Gasteiger charge is -2.13. The zero-order valence-electron chi connectivity index (χ0n) is 11.3. The molecule has 3 N–H and O–H groups in total. The highest BCUT2D eigenvalue weighted by Crippen LogP contribution is 2.19. The summed E-state index contributed by atoms with van der Waals surface area (Å²) < 4.78 is 0. The topological polar surface area (TPSA) is 68.0 Å². The average Bonchev–Trinajstić information content (AvgIpc) is 2.88. The number of thiazole rings is 1. The first-order chi connectivity index (χ1) is 9.47. The highest BCUT2D eigenvalue weighted by atomic mass is 35.5. The van der Waals surface area contributed by atoms with Gasteiger partial charge in [0.1, 0.15) is 10.7 Å². The molecule has 2 rings (SSSR count). The van der Waals surface area contributed by atoms with Crippen LogP contribution in [0.3, 0.4) is 0 Å². The number of hydrogen-bond donors (Lipinski definition) is 2. The fraction of sp³-hybridized carbons (Fsp3) is 0.286. The van der Waals surface area contributed by atoms with Gasteiger partial charge >= 0.3 is 0 Å². The number of nitrogens with two attached hydrogens (primary N) is 1. The second-order valence-corrected chi connectivity index (χ2v) is 5.94. The van der Waals surface area contributed by atoms with Gasteiger partial charge in [-0.2, -0.15) is 0 Å². The molecule has 0 aliphatic carbocycles. The van der Waals surface area contributed by atoms with Crippen molar-refractivity contribution in [2.45, 2.75) is 25.9 Å². The van der Waals surface area contributed by atoms with Gasteiger partial charge in [0.15, 0.2) is 0 Å². The molecular weight excluding hydrogens is 294 g/mol. The summed E-state index contributed by atoms with van der Waals surface area (Å²) in [5, 5.41) is 6.02. The van der Waals surface area contributed by atoms with Crippen LogP contribution in [0.4, 0.5) is 0 Å². The number of halogens is 1. The zero-order chi connectivity index (χ0) is 14.7. The average molecular weight is 310 g/mol. The third-order valence-corrected chi connectivity index (χ3v) is 4.12. The molecule has 106 valence electrons. The van der Waals surface area contributed by atoms with E-state index in [4.69, 9.17) is 17.3 Å². The van der Waals surface area contributed by atoms with Crippen molar-refractivity contribution in [2.75, 3.05) is 0 Å². The summed E-state index contributed by atoms with van der Waals surface area (Å²) in [6.07, 6.45) is 0. The number of benzene rings is 1. The first kappa shape index (κ1) is 15.0. The molecule has 0 saturated heterocycles. The van der Waals surface area contributed by atoms with Gasteiger partial charge in [-0.1, -0.05) is 23.7 Å². The van der Waals surface area contributed by atoms with Crippen molar-refractivity contribution < 1.29 is 4.79 Å². The molecule has 20 heavy (non-hydrogen) atoms. The molecule has 6 heteroatoms. The maximum atomic E-state index is 12.1. The molecule has 0 radical (unpaired) electrons. The van der Waals surface area contributed by atoms with E-state index in [1.807, 2.05) is 32.0 Å². The number of carbonyl (C=O) groups is 1. The number of nitrogens with one attached hydrogen (secondary N) is 1. The Kier molecular flexibility index (Phi) is 4.75. The minimum absolute atomic E-state index is 0.137. The standard InChI is InChI=1S/C14H16ClN3OS/c1-8(16)14-18-12(7-20-14)13(19)17-9(2)10-4-3-5-11(15)6-10/h3-9H,16H2,1-2H3,(H,17,19)/t8?,9-/m0/s1. The molecule has 0 bridgehead atoms. The van der Waals surface area contributed by atoms with Crippen LogP contribution >= 0.6 is 22.9 Å². The zero-order valence-corrected chi connectivity index (χ0v) is 12.8. The van der Waals surface area contributed by atoms with Gasteiger partial charge in [-0.05, 0) is 31.5 Å². The summed E-state index contributed by atoms with van der Waals surface area (Å²) in [4.78, 5) is 16.3. The maximum absolute atomic E-state index is 12.1. The first-order valence-corrected chi connectivity index (χ1v) is 7.50. The Labute approximate surface area is 127 Å². The predicted octanol–water partition coefficient (Wildman–Crippen LogP) is 3.31. The fourth-order valence-electron chi connectivity index (χ4n) is 1.73. The SMILES string of the molecule is CC(N)c1nc(C(=O)N[C@@H](C)c2cccc(Cl)c2)cs1. The second-order valence-electron chi connectivity index (χ2n) is 4.61. The summed E-state index contributed by atoms with van der Waals surface area (Å²) in [5.41, 5.74) is 7.09. The summed E-state index contributed by atoms with van der Waals surface area (Å²) in [6.45, 7) is 3.75. The Morgan fingerprint density at radius 3 is 2.80 bits per heavy atom. The number of carbonyl (C=O) groups excluding carboxylic acids is 1. The highest BCUT2D eigenvalue weighted by molar-refractivity contribution is 7.09. The normalized spacial score (nSPS) is 13.8. The van der Waals surface area contributed by atoms with E-state index in [2.05, 4.69) is 10.3 Å². The molecule has 1 heterocycles. The van der Waals surface area contributed by atoms with Crippen LogP contribution in [0, 0.1) is 0 Å². The van der Waals surface area contributed by atoms with E-state index < -0.39 is 0 Å². The number of rotatable bonds is 4. The quantitative estimate of drug-likeness (QED) is 0.910. The lowest BCUT2D eigenvalue weighted by atomic mass is 10.1. The van der Waals surface area contributed by atoms with Crippen LogP contribution in [-0.2, 0) is 0 Å². The molecule has 2 atom stereocenters. The predicted molar refractivity (Wildman–Crippen MR) is 82.0 cm³/mol. The van der Waals surface area contributed by atoms with Crippen molar-refractivity contribution in [1.29, 1.82) is 0 Å². The van der Waals surface area contributed by atoms with Crippen LogP contribution in [0.5, 0.6) is 0 Å². The Morgan fingerprint density at radius 2 is 2.20 bits per heavy atom. The van der Waals surface area contributed by atoms with E-state index in [1.165, 1.54) is 11.3 Å². The minimum Gasteiger partial charge on any atom is -0.344 e. The van der Waals surface area contributed by atoms with Crippen molar-refractivity contribution >= 4 is 28.8 Å². The molecule has 0 aliphatic rings. The summed E-state index contributed by atoms with van der Waals surface area (Å²) in [6, 6.07) is 7.12. The first-order valence-electron chi connectivity index (χ1n) is 6.24. The highest BCUT2D eigenvalue weighted by Gasteiger charge is 2.15. The van der Waals surface area contributed by atoms with Crippen LogP contribution in [0.25, 0.3) is 0 Å². The van der Waals surface area contributed by atoms with Gasteiger partial charge in [0.05, 0.1) is 12.1 Å². The molecule has 0 spiro atoms. The molecule has 0 fully saturated rings. The van der Waals surface area contributed by atoms with Gasteiger partial charge in [0.25, 0.3) is 5.91 Å². The van der Waals surface area contributed by atoms with Crippen molar-refractivity contribution in [1.82, 2.24) is 10.3 Å². The van der Waals surface area contributed by atoms with Gasteiger partial charge in [-0.15, -0.1) is 11.3 Å². The van der Waals surface area contributed by atoms with Gasteiger partial charge in [-0.25, -0.2) is 4.98 Å². The summed E-state index contributed by atoms with van der Waals surface area (Å²) in [7, 11) is 0. The minimum atomic E-state index is -0.208. The molecular formula is C14H16ClN3OS. The van der Waals surface area contributed by atoms with Gasteiger partial charge in [0.2, 0.25) is 0 Å². The molecule has 1 aromatic heterocycles. The molecule has 4 nitrogen and oxygen atoms in total.